The number of H-pyrrole nitrogens is 1. The van der Waals surface area contributed by atoms with Crippen LogP contribution in [-0.2, 0) is 6.42 Å². The van der Waals surface area contributed by atoms with Gasteiger partial charge in [-0.2, -0.15) is 0 Å². The highest BCUT2D eigenvalue weighted by atomic mass is 16.1. The molecule has 0 amide bonds. The maximum Gasteiger partial charge on any atom is 0.256 e. The molecule has 118 valence electrons. The lowest BCUT2D eigenvalue weighted by atomic mass is 9.69. The Hall–Kier alpha value is -1.32. The molecule has 1 aromatic rings. The van der Waals surface area contributed by atoms with Crippen molar-refractivity contribution in [2.24, 2.45) is 11.3 Å². The number of nitrogens with one attached hydrogen (secondary N) is 1. The number of aromatic nitrogens is 2. The van der Waals surface area contributed by atoms with E-state index in [1.54, 1.807) is 0 Å². The normalized spacial score (nSPS) is 23.2. The molecule has 0 atom stereocenters. The zero-order valence-electron chi connectivity index (χ0n) is 13.8. The predicted octanol–water partition coefficient (Wildman–Crippen LogP) is 3.62. The number of nitrogens with two attached hydrogens (primary N) is 1. The minimum Gasteiger partial charge on any atom is -0.383 e. The van der Waals surface area contributed by atoms with Gasteiger partial charge in [-0.05, 0) is 43.4 Å². The van der Waals surface area contributed by atoms with Gasteiger partial charge in [0.05, 0.1) is 5.56 Å². The average molecular weight is 291 g/mol. The van der Waals surface area contributed by atoms with Crippen molar-refractivity contribution >= 4 is 5.82 Å². The molecule has 1 aliphatic rings. The summed E-state index contributed by atoms with van der Waals surface area (Å²) >= 11 is 0. The Kier molecular flexibility index (Phi) is 4.74. The van der Waals surface area contributed by atoms with Crippen LogP contribution < -0.4 is 11.3 Å². The summed E-state index contributed by atoms with van der Waals surface area (Å²) < 4.78 is 0. The number of hydrogen-bond donors (Lipinski definition) is 2. The SMILES string of the molecule is CCCc1c(N)nc(C2CCC(C(C)(C)C)CC2)[nH]c1=O. The summed E-state index contributed by atoms with van der Waals surface area (Å²) in [6, 6.07) is 0. The van der Waals surface area contributed by atoms with Gasteiger partial charge in [-0.1, -0.05) is 34.1 Å². The first-order valence-corrected chi connectivity index (χ1v) is 8.21. The van der Waals surface area contributed by atoms with Crippen molar-refractivity contribution in [2.45, 2.75) is 72.1 Å². The number of anilines is 1. The summed E-state index contributed by atoms with van der Waals surface area (Å²) in [4.78, 5) is 19.6. The van der Waals surface area contributed by atoms with Gasteiger partial charge in [0.2, 0.25) is 0 Å². The molecule has 21 heavy (non-hydrogen) atoms. The van der Waals surface area contributed by atoms with E-state index in [4.69, 9.17) is 5.73 Å². The van der Waals surface area contributed by atoms with Gasteiger partial charge >= 0.3 is 0 Å². The lowest BCUT2D eigenvalue weighted by molar-refractivity contribution is 0.167. The van der Waals surface area contributed by atoms with E-state index in [9.17, 15) is 4.79 Å². The van der Waals surface area contributed by atoms with E-state index in [0.717, 1.165) is 31.0 Å². The van der Waals surface area contributed by atoms with Gasteiger partial charge in [0.1, 0.15) is 11.6 Å². The maximum atomic E-state index is 12.1. The van der Waals surface area contributed by atoms with Crippen LogP contribution in [0.5, 0.6) is 0 Å². The summed E-state index contributed by atoms with van der Waals surface area (Å²) in [5.41, 5.74) is 6.95. The van der Waals surface area contributed by atoms with E-state index in [1.165, 1.54) is 12.8 Å². The van der Waals surface area contributed by atoms with Crippen LogP contribution in [0.1, 0.15) is 77.1 Å². The fourth-order valence-corrected chi connectivity index (χ4v) is 3.45. The zero-order chi connectivity index (χ0) is 15.6. The standard InChI is InChI=1S/C17H29N3O/c1-5-6-13-14(18)19-15(20-16(13)21)11-7-9-12(10-8-11)17(2,3)4/h11-12H,5-10H2,1-4H3,(H3,18,19,20,21). The van der Waals surface area contributed by atoms with Gasteiger partial charge in [0.15, 0.2) is 0 Å². The molecule has 0 spiro atoms. The van der Waals surface area contributed by atoms with E-state index in [2.05, 4.69) is 30.7 Å². The molecule has 0 bridgehead atoms. The molecular weight excluding hydrogens is 262 g/mol. The molecule has 1 aliphatic carbocycles. The van der Waals surface area contributed by atoms with E-state index in [1.807, 2.05) is 6.92 Å². The Morgan fingerprint density at radius 2 is 1.86 bits per heavy atom. The van der Waals surface area contributed by atoms with Crippen LogP contribution >= 0.6 is 0 Å². The Labute approximate surface area is 127 Å². The Balaban J connectivity index is 2.13. The van der Waals surface area contributed by atoms with Crippen molar-refractivity contribution in [2.75, 3.05) is 5.73 Å². The minimum absolute atomic E-state index is 0.0442. The molecule has 0 unspecified atom stereocenters. The zero-order valence-corrected chi connectivity index (χ0v) is 13.8. The molecule has 1 fully saturated rings. The van der Waals surface area contributed by atoms with Crippen LogP contribution in [0.2, 0.25) is 0 Å². The first-order valence-electron chi connectivity index (χ1n) is 8.21. The third-order valence-corrected chi connectivity index (χ3v) is 4.90. The summed E-state index contributed by atoms with van der Waals surface area (Å²) in [5, 5.41) is 0. The molecular formula is C17H29N3O. The van der Waals surface area contributed by atoms with Crippen LogP contribution in [0.3, 0.4) is 0 Å². The van der Waals surface area contributed by atoms with Gasteiger partial charge in [-0.3, -0.25) is 4.79 Å². The second-order valence-electron chi connectivity index (χ2n) is 7.48. The fraction of sp³-hybridized carbons (Fsp3) is 0.765. The van der Waals surface area contributed by atoms with E-state index in [-0.39, 0.29) is 5.56 Å². The molecule has 3 N–H and O–H groups in total. The molecule has 1 aromatic heterocycles. The summed E-state index contributed by atoms with van der Waals surface area (Å²) in [6.07, 6.45) is 6.20. The third kappa shape index (κ3) is 3.66. The van der Waals surface area contributed by atoms with E-state index in [0.29, 0.717) is 29.1 Å². The van der Waals surface area contributed by atoms with Crippen molar-refractivity contribution < 1.29 is 0 Å². The lowest BCUT2D eigenvalue weighted by Gasteiger charge is -2.36. The Bertz CT molecular complexity index is 534. The molecule has 0 aromatic carbocycles. The molecule has 4 nitrogen and oxygen atoms in total. The molecule has 0 aliphatic heterocycles. The largest absolute Gasteiger partial charge is 0.383 e. The second kappa shape index (κ2) is 6.20. The quantitative estimate of drug-likeness (QED) is 0.893. The van der Waals surface area contributed by atoms with Crippen LogP contribution in [0.15, 0.2) is 4.79 Å². The second-order valence-corrected chi connectivity index (χ2v) is 7.48. The van der Waals surface area contributed by atoms with Gasteiger partial charge in [0, 0.05) is 5.92 Å². The summed E-state index contributed by atoms with van der Waals surface area (Å²) in [5.74, 6) is 2.34. The molecule has 0 radical (unpaired) electrons. The van der Waals surface area contributed by atoms with Gasteiger partial charge < -0.3 is 10.7 Å². The average Bonchev–Trinajstić information content (AvgIpc) is 2.42. The van der Waals surface area contributed by atoms with E-state index < -0.39 is 0 Å². The maximum absolute atomic E-state index is 12.1. The summed E-state index contributed by atoms with van der Waals surface area (Å²) in [6.45, 7) is 8.99. The molecule has 1 saturated carbocycles. The fourth-order valence-electron chi connectivity index (χ4n) is 3.45. The lowest BCUT2D eigenvalue weighted by Crippen LogP contribution is -2.27. The first-order chi connectivity index (χ1) is 9.82. The Morgan fingerprint density at radius 3 is 2.33 bits per heavy atom. The van der Waals surface area contributed by atoms with Gasteiger partial charge in [-0.15, -0.1) is 0 Å². The van der Waals surface area contributed by atoms with Crippen molar-refractivity contribution in [3.8, 4) is 0 Å². The third-order valence-electron chi connectivity index (χ3n) is 4.90. The Morgan fingerprint density at radius 1 is 1.24 bits per heavy atom. The van der Waals surface area contributed by atoms with Crippen LogP contribution in [-0.4, -0.2) is 9.97 Å². The smallest absolute Gasteiger partial charge is 0.256 e. The topological polar surface area (TPSA) is 71.8 Å². The van der Waals surface area contributed by atoms with Crippen molar-refractivity contribution in [1.29, 1.82) is 0 Å². The highest BCUT2D eigenvalue weighted by molar-refractivity contribution is 5.38. The highest BCUT2D eigenvalue weighted by Gasteiger charge is 2.31. The number of nitrogen functional groups attached to an aromatic ring is 1. The number of hydrogen-bond acceptors (Lipinski definition) is 3. The highest BCUT2D eigenvalue weighted by Crippen LogP contribution is 2.42. The molecule has 4 heteroatoms. The van der Waals surface area contributed by atoms with Gasteiger partial charge in [0.25, 0.3) is 5.56 Å². The molecule has 1 heterocycles. The van der Waals surface area contributed by atoms with Gasteiger partial charge in [-0.25, -0.2) is 4.98 Å². The van der Waals surface area contributed by atoms with Crippen molar-refractivity contribution in [3.05, 3.63) is 21.7 Å². The van der Waals surface area contributed by atoms with Crippen LogP contribution in [0.25, 0.3) is 0 Å². The minimum atomic E-state index is -0.0442. The van der Waals surface area contributed by atoms with Crippen molar-refractivity contribution in [3.63, 3.8) is 0 Å². The number of aromatic amines is 1. The van der Waals surface area contributed by atoms with Crippen molar-refractivity contribution in [1.82, 2.24) is 9.97 Å². The van der Waals surface area contributed by atoms with E-state index >= 15 is 0 Å². The first kappa shape index (κ1) is 16.1. The summed E-state index contributed by atoms with van der Waals surface area (Å²) in [7, 11) is 0. The molecule has 2 rings (SSSR count). The molecule has 0 saturated heterocycles. The number of rotatable bonds is 3. The van der Waals surface area contributed by atoms with Crippen LogP contribution in [0, 0.1) is 11.3 Å². The van der Waals surface area contributed by atoms with Crippen LogP contribution in [0.4, 0.5) is 5.82 Å². The monoisotopic (exact) mass is 291 g/mol. The number of nitrogens with zero attached hydrogens (tertiary/aromatic N) is 1. The predicted molar refractivity (Wildman–Crippen MR) is 87.4 cm³/mol.